The van der Waals surface area contributed by atoms with E-state index in [-0.39, 0.29) is 31.6 Å². The summed E-state index contributed by atoms with van der Waals surface area (Å²) in [7, 11) is 0. The minimum Gasteiger partial charge on any atom is -0.454 e. The first-order valence-electron chi connectivity index (χ1n) is 7.31. The summed E-state index contributed by atoms with van der Waals surface area (Å²) >= 11 is 3.39. The van der Waals surface area contributed by atoms with Crippen molar-refractivity contribution in [2.24, 2.45) is 0 Å². The van der Waals surface area contributed by atoms with Crippen molar-refractivity contribution in [2.75, 3.05) is 18.7 Å². The van der Waals surface area contributed by atoms with Crippen LogP contribution < -0.4 is 20.1 Å². The third-order valence-electron chi connectivity index (χ3n) is 3.41. The number of nitrogens with one attached hydrogen (secondary N) is 2. The maximum Gasteiger partial charge on any atom is 0.243 e. The normalized spacial score (nSPS) is 11.9. The van der Waals surface area contributed by atoms with Gasteiger partial charge in [0, 0.05) is 16.2 Å². The van der Waals surface area contributed by atoms with Gasteiger partial charge in [-0.3, -0.25) is 9.59 Å². The number of carbonyl (C=O) groups is 2. The number of fused-ring (bicyclic) bond motifs is 1. The Bertz CT molecular complexity index is 779. The van der Waals surface area contributed by atoms with Gasteiger partial charge in [0.15, 0.2) is 11.5 Å². The van der Waals surface area contributed by atoms with Gasteiger partial charge in [-0.25, -0.2) is 0 Å². The SMILES string of the molecule is O=C(Cc1ccccc1Br)NCC(=O)Nc1ccc2c(c1)OCO2. The Labute approximate surface area is 147 Å². The van der Waals surface area contributed by atoms with Crippen LogP contribution in [0.1, 0.15) is 5.56 Å². The Morgan fingerprint density at radius 1 is 1.04 bits per heavy atom. The summed E-state index contributed by atoms with van der Waals surface area (Å²) in [6, 6.07) is 12.6. The molecule has 0 aromatic heterocycles. The van der Waals surface area contributed by atoms with E-state index in [1.165, 1.54) is 0 Å². The lowest BCUT2D eigenvalue weighted by molar-refractivity contribution is -0.123. The molecule has 24 heavy (non-hydrogen) atoms. The van der Waals surface area contributed by atoms with Crippen LogP contribution in [0.25, 0.3) is 0 Å². The molecule has 0 saturated heterocycles. The summed E-state index contributed by atoms with van der Waals surface area (Å²) in [5.41, 5.74) is 1.45. The summed E-state index contributed by atoms with van der Waals surface area (Å²) in [6.45, 7) is 0.0789. The highest BCUT2D eigenvalue weighted by Gasteiger charge is 2.14. The molecule has 7 heteroatoms. The standard InChI is InChI=1S/C17H15BrN2O4/c18-13-4-2-1-3-11(13)7-16(21)19-9-17(22)20-12-5-6-14-15(8-12)24-10-23-14/h1-6,8H,7,9-10H2,(H,19,21)(H,20,22). The molecule has 0 saturated carbocycles. The first kappa shape index (κ1) is 16.3. The average molecular weight is 391 g/mol. The van der Waals surface area contributed by atoms with Crippen molar-refractivity contribution >= 4 is 33.4 Å². The van der Waals surface area contributed by atoms with E-state index in [9.17, 15) is 9.59 Å². The molecule has 6 nitrogen and oxygen atoms in total. The number of rotatable bonds is 5. The number of ether oxygens (including phenoxy) is 2. The molecule has 0 aliphatic carbocycles. The van der Waals surface area contributed by atoms with E-state index in [1.54, 1.807) is 18.2 Å². The molecular weight excluding hydrogens is 376 g/mol. The minimum atomic E-state index is -0.311. The number of anilines is 1. The van der Waals surface area contributed by atoms with Gasteiger partial charge in [-0.1, -0.05) is 34.1 Å². The Morgan fingerprint density at radius 2 is 1.83 bits per heavy atom. The van der Waals surface area contributed by atoms with Crippen molar-refractivity contribution < 1.29 is 19.1 Å². The van der Waals surface area contributed by atoms with Crippen LogP contribution in [0.2, 0.25) is 0 Å². The van der Waals surface area contributed by atoms with Gasteiger partial charge in [0.05, 0.1) is 13.0 Å². The molecule has 0 radical (unpaired) electrons. The summed E-state index contributed by atoms with van der Waals surface area (Å²) in [6.07, 6.45) is 0.207. The predicted molar refractivity (Wildman–Crippen MR) is 92.1 cm³/mol. The third kappa shape index (κ3) is 4.05. The van der Waals surface area contributed by atoms with Crippen LogP contribution in [-0.2, 0) is 16.0 Å². The fraction of sp³-hybridized carbons (Fsp3) is 0.176. The van der Waals surface area contributed by atoms with Gasteiger partial charge in [-0.15, -0.1) is 0 Å². The number of carbonyl (C=O) groups excluding carboxylic acids is 2. The second-order valence-corrected chi connectivity index (χ2v) is 6.02. The van der Waals surface area contributed by atoms with Crippen molar-refractivity contribution in [2.45, 2.75) is 6.42 Å². The number of hydrogen-bond donors (Lipinski definition) is 2. The van der Waals surface area contributed by atoms with E-state index in [0.717, 1.165) is 10.0 Å². The Balaban J connectivity index is 1.49. The topological polar surface area (TPSA) is 76.7 Å². The maximum atomic E-state index is 11.9. The molecule has 2 aromatic carbocycles. The number of halogens is 1. The summed E-state index contributed by atoms with van der Waals surface area (Å²) < 4.78 is 11.3. The first-order chi connectivity index (χ1) is 11.6. The second kappa shape index (κ2) is 7.35. The van der Waals surface area contributed by atoms with E-state index in [0.29, 0.717) is 17.2 Å². The molecule has 1 aliphatic rings. The quantitative estimate of drug-likeness (QED) is 0.821. The van der Waals surface area contributed by atoms with E-state index >= 15 is 0 Å². The van der Waals surface area contributed by atoms with Crippen molar-refractivity contribution in [1.29, 1.82) is 0 Å². The van der Waals surface area contributed by atoms with Gasteiger partial charge in [0.2, 0.25) is 18.6 Å². The predicted octanol–water partition coefficient (Wildman–Crippen LogP) is 2.48. The van der Waals surface area contributed by atoms with Gasteiger partial charge in [0.1, 0.15) is 0 Å². The van der Waals surface area contributed by atoms with Gasteiger partial charge in [0.25, 0.3) is 0 Å². The Kier molecular flexibility index (Phi) is 5.00. The van der Waals surface area contributed by atoms with Crippen LogP contribution in [0.4, 0.5) is 5.69 Å². The smallest absolute Gasteiger partial charge is 0.243 e. The number of amides is 2. The molecule has 2 amide bonds. The van der Waals surface area contributed by atoms with Crippen molar-refractivity contribution in [3.63, 3.8) is 0 Å². The van der Waals surface area contributed by atoms with Gasteiger partial charge < -0.3 is 20.1 Å². The highest BCUT2D eigenvalue weighted by Crippen LogP contribution is 2.34. The maximum absolute atomic E-state index is 11.9. The molecule has 0 spiro atoms. The lowest BCUT2D eigenvalue weighted by Gasteiger charge is -2.08. The molecular formula is C17H15BrN2O4. The van der Waals surface area contributed by atoms with Crippen LogP contribution in [0.15, 0.2) is 46.9 Å². The lowest BCUT2D eigenvalue weighted by Crippen LogP contribution is -2.33. The highest BCUT2D eigenvalue weighted by molar-refractivity contribution is 9.10. The van der Waals surface area contributed by atoms with Crippen molar-refractivity contribution in [3.8, 4) is 11.5 Å². The number of benzene rings is 2. The Morgan fingerprint density at radius 3 is 2.67 bits per heavy atom. The molecule has 1 aliphatic heterocycles. The van der Waals surface area contributed by atoms with E-state index in [1.807, 2.05) is 24.3 Å². The zero-order valence-electron chi connectivity index (χ0n) is 12.7. The highest BCUT2D eigenvalue weighted by atomic mass is 79.9. The summed E-state index contributed by atoms with van der Waals surface area (Å²) in [4.78, 5) is 23.9. The van der Waals surface area contributed by atoms with Crippen LogP contribution >= 0.6 is 15.9 Å². The Hall–Kier alpha value is -2.54. The molecule has 0 fully saturated rings. The van der Waals surface area contributed by atoms with Crippen LogP contribution in [0.3, 0.4) is 0 Å². The molecule has 0 bridgehead atoms. The van der Waals surface area contributed by atoms with E-state index < -0.39 is 0 Å². The molecule has 124 valence electrons. The average Bonchev–Trinajstić information content (AvgIpc) is 3.03. The minimum absolute atomic E-state index is 0.0995. The molecule has 2 N–H and O–H groups in total. The van der Waals surface area contributed by atoms with Crippen molar-refractivity contribution in [1.82, 2.24) is 5.32 Å². The fourth-order valence-electron chi connectivity index (χ4n) is 2.24. The van der Waals surface area contributed by atoms with Gasteiger partial charge in [-0.2, -0.15) is 0 Å². The molecule has 0 atom stereocenters. The monoisotopic (exact) mass is 390 g/mol. The first-order valence-corrected chi connectivity index (χ1v) is 8.11. The van der Waals surface area contributed by atoms with Crippen LogP contribution in [0.5, 0.6) is 11.5 Å². The molecule has 1 heterocycles. The largest absolute Gasteiger partial charge is 0.454 e. The van der Waals surface area contributed by atoms with Crippen LogP contribution in [0, 0.1) is 0 Å². The van der Waals surface area contributed by atoms with E-state index in [2.05, 4.69) is 26.6 Å². The molecule has 3 rings (SSSR count). The van der Waals surface area contributed by atoms with Crippen molar-refractivity contribution in [3.05, 3.63) is 52.5 Å². The zero-order valence-corrected chi connectivity index (χ0v) is 14.3. The zero-order chi connectivity index (χ0) is 16.9. The van der Waals surface area contributed by atoms with E-state index in [4.69, 9.17) is 9.47 Å². The second-order valence-electron chi connectivity index (χ2n) is 5.16. The fourth-order valence-corrected chi connectivity index (χ4v) is 2.66. The molecule has 2 aromatic rings. The lowest BCUT2D eigenvalue weighted by atomic mass is 10.1. The van der Waals surface area contributed by atoms with Gasteiger partial charge >= 0.3 is 0 Å². The third-order valence-corrected chi connectivity index (χ3v) is 4.18. The summed E-state index contributed by atoms with van der Waals surface area (Å²) in [5.74, 6) is 0.706. The van der Waals surface area contributed by atoms with Crippen LogP contribution in [-0.4, -0.2) is 25.2 Å². The van der Waals surface area contributed by atoms with Gasteiger partial charge in [-0.05, 0) is 23.8 Å². The molecule has 0 unspecified atom stereocenters. The number of hydrogen-bond acceptors (Lipinski definition) is 4. The summed E-state index contributed by atoms with van der Waals surface area (Å²) in [5, 5.41) is 5.31.